The first-order chi connectivity index (χ1) is 8.00. The maximum atomic E-state index is 11.9. The Labute approximate surface area is 103 Å². The third kappa shape index (κ3) is 4.43. The van der Waals surface area contributed by atoms with Gasteiger partial charge in [0.2, 0.25) is 0 Å². The fourth-order valence-electron chi connectivity index (χ4n) is 1.56. The van der Waals surface area contributed by atoms with Gasteiger partial charge < -0.3 is 11.1 Å². The smallest absolute Gasteiger partial charge is 0.272 e. The van der Waals surface area contributed by atoms with Crippen LogP contribution in [0, 0.1) is 5.92 Å². The zero-order chi connectivity index (χ0) is 12.8. The van der Waals surface area contributed by atoms with Crippen LogP contribution in [-0.2, 0) is 0 Å². The van der Waals surface area contributed by atoms with Gasteiger partial charge in [0.15, 0.2) is 5.69 Å². The highest BCUT2D eigenvalue weighted by Gasteiger charge is 2.13. The second kappa shape index (κ2) is 6.23. The zero-order valence-electron chi connectivity index (χ0n) is 10.7. The standard InChI is InChI=1S/C13H21N3O/c1-9(2)6-7-10(3)16-13(17)12-11(14)5-4-8-15-12/h4-5,8-10H,6-7,14H2,1-3H3,(H,16,17). The molecule has 3 N–H and O–H groups in total. The fourth-order valence-corrected chi connectivity index (χ4v) is 1.56. The summed E-state index contributed by atoms with van der Waals surface area (Å²) in [6.07, 6.45) is 3.64. The van der Waals surface area contributed by atoms with Gasteiger partial charge in [-0.05, 0) is 37.8 Å². The van der Waals surface area contributed by atoms with Gasteiger partial charge in [-0.2, -0.15) is 0 Å². The normalized spacial score (nSPS) is 12.5. The first-order valence-corrected chi connectivity index (χ1v) is 6.02. The number of rotatable bonds is 5. The summed E-state index contributed by atoms with van der Waals surface area (Å²) >= 11 is 0. The first kappa shape index (κ1) is 13.5. The monoisotopic (exact) mass is 235 g/mol. The van der Waals surface area contributed by atoms with Crippen LogP contribution in [0.4, 0.5) is 5.69 Å². The molecule has 0 aliphatic rings. The number of nitrogens with one attached hydrogen (secondary N) is 1. The van der Waals surface area contributed by atoms with Crippen molar-refractivity contribution in [3.05, 3.63) is 24.0 Å². The number of carbonyl (C=O) groups is 1. The van der Waals surface area contributed by atoms with Crippen LogP contribution in [0.2, 0.25) is 0 Å². The highest BCUT2D eigenvalue weighted by molar-refractivity contribution is 5.97. The van der Waals surface area contributed by atoms with Crippen molar-refractivity contribution in [2.45, 2.75) is 39.7 Å². The third-order valence-corrected chi connectivity index (χ3v) is 2.61. The van der Waals surface area contributed by atoms with Gasteiger partial charge in [0.05, 0.1) is 5.69 Å². The van der Waals surface area contributed by atoms with Crippen LogP contribution in [0.25, 0.3) is 0 Å². The van der Waals surface area contributed by atoms with Gasteiger partial charge in [0.1, 0.15) is 0 Å². The van der Waals surface area contributed by atoms with Crippen LogP contribution in [0.15, 0.2) is 18.3 Å². The molecular formula is C13H21N3O. The van der Waals surface area contributed by atoms with E-state index < -0.39 is 0 Å². The van der Waals surface area contributed by atoms with E-state index in [0.717, 1.165) is 12.8 Å². The number of hydrogen-bond donors (Lipinski definition) is 2. The van der Waals surface area contributed by atoms with Crippen molar-refractivity contribution in [3.8, 4) is 0 Å². The van der Waals surface area contributed by atoms with Gasteiger partial charge in [-0.3, -0.25) is 4.79 Å². The van der Waals surface area contributed by atoms with Crippen molar-refractivity contribution in [2.24, 2.45) is 5.92 Å². The topological polar surface area (TPSA) is 68.0 Å². The number of pyridine rings is 1. The molecule has 1 rings (SSSR count). The Kier molecular flexibility index (Phi) is 4.94. The minimum Gasteiger partial charge on any atom is -0.397 e. The van der Waals surface area contributed by atoms with Crippen molar-refractivity contribution >= 4 is 11.6 Å². The van der Waals surface area contributed by atoms with Gasteiger partial charge in [-0.1, -0.05) is 13.8 Å². The van der Waals surface area contributed by atoms with Crippen LogP contribution in [0.1, 0.15) is 44.1 Å². The first-order valence-electron chi connectivity index (χ1n) is 6.02. The molecule has 0 saturated carbocycles. The molecule has 0 saturated heterocycles. The molecule has 0 aromatic carbocycles. The molecule has 0 spiro atoms. The van der Waals surface area contributed by atoms with Gasteiger partial charge in [0, 0.05) is 12.2 Å². The van der Waals surface area contributed by atoms with Crippen LogP contribution in [0.5, 0.6) is 0 Å². The highest BCUT2D eigenvalue weighted by atomic mass is 16.1. The summed E-state index contributed by atoms with van der Waals surface area (Å²) in [4.78, 5) is 15.9. The Morgan fingerprint density at radius 3 is 2.71 bits per heavy atom. The molecule has 1 unspecified atom stereocenters. The Bertz CT molecular complexity index is 377. The molecule has 0 aliphatic carbocycles. The lowest BCUT2D eigenvalue weighted by molar-refractivity contribution is 0.0933. The molecule has 1 heterocycles. The number of anilines is 1. The summed E-state index contributed by atoms with van der Waals surface area (Å²) in [6, 6.07) is 3.54. The lowest BCUT2D eigenvalue weighted by Gasteiger charge is -2.15. The molecule has 94 valence electrons. The average molecular weight is 235 g/mol. The molecule has 0 aliphatic heterocycles. The van der Waals surface area contributed by atoms with E-state index in [1.54, 1.807) is 18.3 Å². The van der Waals surface area contributed by atoms with Crippen LogP contribution in [-0.4, -0.2) is 16.9 Å². The van der Waals surface area contributed by atoms with Gasteiger partial charge >= 0.3 is 0 Å². The van der Waals surface area contributed by atoms with Gasteiger partial charge in [-0.25, -0.2) is 4.98 Å². The Balaban J connectivity index is 2.52. The molecule has 1 aromatic heterocycles. The molecule has 4 nitrogen and oxygen atoms in total. The molecule has 4 heteroatoms. The largest absolute Gasteiger partial charge is 0.397 e. The van der Waals surface area contributed by atoms with Gasteiger partial charge in [0.25, 0.3) is 5.91 Å². The van der Waals surface area contributed by atoms with Crippen molar-refractivity contribution in [1.82, 2.24) is 10.3 Å². The predicted molar refractivity (Wildman–Crippen MR) is 69.6 cm³/mol. The minimum absolute atomic E-state index is 0.145. The fraction of sp³-hybridized carbons (Fsp3) is 0.538. The minimum atomic E-state index is -0.195. The lowest BCUT2D eigenvalue weighted by atomic mass is 10.0. The number of nitrogens with two attached hydrogens (primary N) is 1. The summed E-state index contributed by atoms with van der Waals surface area (Å²) in [5.74, 6) is 0.452. The van der Waals surface area contributed by atoms with E-state index in [9.17, 15) is 4.79 Å². The maximum Gasteiger partial charge on any atom is 0.272 e. The van der Waals surface area contributed by atoms with E-state index in [2.05, 4.69) is 24.1 Å². The van der Waals surface area contributed by atoms with E-state index in [1.807, 2.05) is 6.92 Å². The second-order valence-electron chi connectivity index (χ2n) is 4.79. The highest BCUT2D eigenvalue weighted by Crippen LogP contribution is 2.09. The zero-order valence-corrected chi connectivity index (χ0v) is 10.7. The van der Waals surface area contributed by atoms with Crippen LogP contribution >= 0.6 is 0 Å². The number of nitrogens with zero attached hydrogens (tertiary/aromatic N) is 1. The maximum absolute atomic E-state index is 11.9. The van der Waals surface area contributed by atoms with Crippen molar-refractivity contribution in [1.29, 1.82) is 0 Å². The Hall–Kier alpha value is -1.58. The molecule has 0 bridgehead atoms. The molecule has 0 fully saturated rings. The summed E-state index contributed by atoms with van der Waals surface area (Å²) in [5.41, 5.74) is 6.42. The number of carbonyl (C=O) groups excluding carboxylic acids is 1. The lowest BCUT2D eigenvalue weighted by Crippen LogP contribution is -2.33. The molecule has 1 atom stereocenters. The van der Waals surface area contributed by atoms with Crippen molar-refractivity contribution < 1.29 is 4.79 Å². The molecular weight excluding hydrogens is 214 g/mol. The van der Waals surface area contributed by atoms with E-state index in [1.165, 1.54) is 0 Å². The average Bonchev–Trinajstić information content (AvgIpc) is 2.26. The summed E-state index contributed by atoms with van der Waals surface area (Å²) < 4.78 is 0. The van der Waals surface area contributed by atoms with E-state index >= 15 is 0 Å². The summed E-state index contributed by atoms with van der Waals surface area (Å²) in [6.45, 7) is 6.34. The molecule has 0 radical (unpaired) electrons. The summed E-state index contributed by atoms with van der Waals surface area (Å²) in [5, 5.41) is 2.91. The predicted octanol–water partition coefficient (Wildman–Crippen LogP) is 2.22. The van der Waals surface area contributed by atoms with Crippen molar-refractivity contribution in [2.75, 3.05) is 5.73 Å². The molecule has 17 heavy (non-hydrogen) atoms. The number of nitrogen functional groups attached to an aromatic ring is 1. The third-order valence-electron chi connectivity index (χ3n) is 2.61. The van der Waals surface area contributed by atoms with Crippen molar-refractivity contribution in [3.63, 3.8) is 0 Å². The van der Waals surface area contributed by atoms with E-state index in [-0.39, 0.29) is 11.9 Å². The van der Waals surface area contributed by atoms with Gasteiger partial charge in [-0.15, -0.1) is 0 Å². The number of aromatic nitrogens is 1. The molecule has 1 aromatic rings. The Morgan fingerprint density at radius 2 is 2.12 bits per heavy atom. The number of amides is 1. The molecule has 1 amide bonds. The Morgan fingerprint density at radius 1 is 1.41 bits per heavy atom. The van der Waals surface area contributed by atoms with E-state index in [4.69, 9.17) is 5.73 Å². The quantitative estimate of drug-likeness (QED) is 0.822. The van der Waals surface area contributed by atoms with E-state index in [0.29, 0.717) is 17.3 Å². The second-order valence-corrected chi connectivity index (χ2v) is 4.79. The SMILES string of the molecule is CC(C)CCC(C)NC(=O)c1ncccc1N. The number of hydrogen-bond acceptors (Lipinski definition) is 3. The van der Waals surface area contributed by atoms with Crippen LogP contribution < -0.4 is 11.1 Å². The van der Waals surface area contributed by atoms with Crippen LogP contribution in [0.3, 0.4) is 0 Å². The summed E-state index contributed by atoms with van der Waals surface area (Å²) in [7, 11) is 0.